The van der Waals surface area contributed by atoms with Crippen molar-refractivity contribution < 1.29 is 0 Å². The lowest BCUT2D eigenvalue weighted by Gasteiger charge is -2.26. The van der Waals surface area contributed by atoms with Crippen LogP contribution in [-0.2, 0) is 13.5 Å². The number of aromatic nitrogens is 2. The molecule has 0 aromatic carbocycles. The van der Waals surface area contributed by atoms with Crippen LogP contribution in [0, 0.1) is 12.8 Å². The summed E-state index contributed by atoms with van der Waals surface area (Å²) in [5.74, 6) is 0.833. The van der Waals surface area contributed by atoms with E-state index in [2.05, 4.69) is 16.5 Å². The Balaban J connectivity index is 2.05. The van der Waals surface area contributed by atoms with Crippen LogP contribution in [0.2, 0.25) is 0 Å². The summed E-state index contributed by atoms with van der Waals surface area (Å²) in [4.78, 5) is 0. The van der Waals surface area contributed by atoms with Crippen molar-refractivity contribution in [2.24, 2.45) is 13.0 Å². The monoisotopic (exact) mass is 165 g/mol. The highest BCUT2D eigenvalue weighted by atomic mass is 15.3. The number of nitrogens with zero attached hydrogens (tertiary/aromatic N) is 2. The second-order valence-electron chi connectivity index (χ2n) is 3.63. The molecule has 1 aromatic rings. The summed E-state index contributed by atoms with van der Waals surface area (Å²) in [7, 11) is 2.02. The molecule has 0 aliphatic carbocycles. The smallest absolute Gasteiger partial charge is 0.0596 e. The van der Waals surface area contributed by atoms with Gasteiger partial charge in [-0.1, -0.05) is 0 Å². The molecule has 0 radical (unpaired) electrons. The van der Waals surface area contributed by atoms with Crippen molar-refractivity contribution in [2.45, 2.75) is 13.3 Å². The molecule has 1 N–H and O–H groups in total. The molecule has 12 heavy (non-hydrogen) atoms. The predicted octanol–water partition coefficient (Wildman–Crippen LogP) is 0.490. The van der Waals surface area contributed by atoms with Crippen LogP contribution in [0.5, 0.6) is 0 Å². The van der Waals surface area contributed by atoms with Gasteiger partial charge in [-0.25, -0.2) is 0 Å². The molecular weight excluding hydrogens is 150 g/mol. The van der Waals surface area contributed by atoms with Crippen LogP contribution < -0.4 is 5.32 Å². The van der Waals surface area contributed by atoms with Crippen molar-refractivity contribution in [3.05, 3.63) is 17.5 Å². The van der Waals surface area contributed by atoms with E-state index in [1.54, 1.807) is 0 Å². The lowest BCUT2D eigenvalue weighted by atomic mass is 9.97. The molecule has 0 bridgehead atoms. The Hall–Kier alpha value is -0.830. The minimum atomic E-state index is 0.833. The van der Waals surface area contributed by atoms with E-state index in [0.717, 1.165) is 11.6 Å². The Morgan fingerprint density at radius 1 is 1.67 bits per heavy atom. The van der Waals surface area contributed by atoms with Crippen LogP contribution >= 0.6 is 0 Å². The Labute approximate surface area is 72.8 Å². The second kappa shape index (κ2) is 2.90. The summed E-state index contributed by atoms with van der Waals surface area (Å²) >= 11 is 0. The van der Waals surface area contributed by atoms with Crippen LogP contribution in [0.15, 0.2) is 6.07 Å². The van der Waals surface area contributed by atoms with Gasteiger partial charge >= 0.3 is 0 Å². The third-order valence-electron chi connectivity index (χ3n) is 2.46. The highest BCUT2D eigenvalue weighted by Gasteiger charge is 2.18. The first-order chi connectivity index (χ1) is 5.75. The van der Waals surface area contributed by atoms with Gasteiger partial charge in [0, 0.05) is 12.7 Å². The highest BCUT2D eigenvalue weighted by Crippen LogP contribution is 2.12. The quantitative estimate of drug-likeness (QED) is 0.691. The van der Waals surface area contributed by atoms with Crippen LogP contribution in [-0.4, -0.2) is 22.9 Å². The lowest BCUT2D eigenvalue weighted by Crippen LogP contribution is -2.43. The average molecular weight is 165 g/mol. The van der Waals surface area contributed by atoms with Crippen LogP contribution in [0.1, 0.15) is 11.4 Å². The Bertz CT molecular complexity index is 273. The number of hydrogen-bond donors (Lipinski definition) is 1. The Morgan fingerprint density at radius 2 is 2.42 bits per heavy atom. The molecular formula is C9H15N3. The molecule has 0 amide bonds. The molecule has 1 aliphatic heterocycles. The van der Waals surface area contributed by atoms with Crippen LogP contribution in [0.4, 0.5) is 0 Å². The average Bonchev–Trinajstić information content (AvgIpc) is 2.21. The maximum Gasteiger partial charge on any atom is 0.0596 e. The van der Waals surface area contributed by atoms with E-state index in [-0.39, 0.29) is 0 Å². The van der Waals surface area contributed by atoms with E-state index < -0.39 is 0 Å². The molecule has 0 spiro atoms. The summed E-state index contributed by atoms with van der Waals surface area (Å²) in [6, 6.07) is 2.18. The van der Waals surface area contributed by atoms with Crippen LogP contribution in [0.3, 0.4) is 0 Å². The summed E-state index contributed by atoms with van der Waals surface area (Å²) in [5.41, 5.74) is 2.48. The van der Waals surface area contributed by atoms with Gasteiger partial charge in [0.05, 0.1) is 5.69 Å². The molecule has 2 rings (SSSR count). The summed E-state index contributed by atoms with van der Waals surface area (Å²) in [6.07, 6.45) is 1.17. The first kappa shape index (κ1) is 7.80. The summed E-state index contributed by atoms with van der Waals surface area (Å²) in [6.45, 7) is 4.39. The van der Waals surface area contributed by atoms with Gasteiger partial charge in [0.1, 0.15) is 0 Å². The molecule has 1 saturated heterocycles. The third-order valence-corrected chi connectivity index (χ3v) is 2.46. The Kier molecular flexibility index (Phi) is 1.89. The standard InChI is InChI=1S/C9H15N3/c1-7-3-9(12(2)11-7)4-8-5-10-6-8/h3,8,10H,4-6H2,1-2H3. The zero-order valence-corrected chi connectivity index (χ0v) is 7.67. The van der Waals surface area contributed by atoms with Crippen molar-refractivity contribution in [2.75, 3.05) is 13.1 Å². The molecule has 66 valence electrons. The zero-order valence-electron chi connectivity index (χ0n) is 7.67. The number of aryl methyl sites for hydroxylation is 2. The normalized spacial score (nSPS) is 17.8. The molecule has 1 aromatic heterocycles. The molecule has 1 fully saturated rings. The number of nitrogens with one attached hydrogen (secondary N) is 1. The number of rotatable bonds is 2. The van der Waals surface area contributed by atoms with Crippen LogP contribution in [0.25, 0.3) is 0 Å². The van der Waals surface area contributed by atoms with Crippen molar-refractivity contribution in [3.8, 4) is 0 Å². The fraction of sp³-hybridized carbons (Fsp3) is 0.667. The molecule has 1 aliphatic rings. The molecule has 0 unspecified atom stereocenters. The molecule has 3 nitrogen and oxygen atoms in total. The van der Waals surface area contributed by atoms with Crippen molar-refractivity contribution in [1.29, 1.82) is 0 Å². The van der Waals surface area contributed by atoms with Crippen molar-refractivity contribution in [3.63, 3.8) is 0 Å². The topological polar surface area (TPSA) is 29.9 Å². The summed E-state index contributed by atoms with van der Waals surface area (Å²) in [5, 5.41) is 7.60. The maximum atomic E-state index is 4.32. The van der Waals surface area contributed by atoms with Gasteiger partial charge in [-0.2, -0.15) is 5.10 Å². The number of hydrogen-bond acceptors (Lipinski definition) is 2. The van der Waals surface area contributed by atoms with E-state index in [1.807, 2.05) is 18.7 Å². The van der Waals surface area contributed by atoms with E-state index in [1.165, 1.54) is 25.2 Å². The summed E-state index contributed by atoms with van der Waals surface area (Å²) < 4.78 is 1.99. The maximum absolute atomic E-state index is 4.32. The molecule has 0 atom stereocenters. The van der Waals surface area contributed by atoms with Gasteiger partial charge in [0.25, 0.3) is 0 Å². The van der Waals surface area contributed by atoms with Gasteiger partial charge in [-0.3, -0.25) is 4.68 Å². The minimum absolute atomic E-state index is 0.833. The predicted molar refractivity (Wildman–Crippen MR) is 48.0 cm³/mol. The zero-order chi connectivity index (χ0) is 8.55. The first-order valence-electron chi connectivity index (χ1n) is 4.46. The van der Waals surface area contributed by atoms with Gasteiger partial charge in [-0.05, 0) is 38.4 Å². The van der Waals surface area contributed by atoms with Gasteiger partial charge < -0.3 is 5.32 Å². The minimum Gasteiger partial charge on any atom is -0.316 e. The molecule has 0 saturated carbocycles. The molecule has 3 heteroatoms. The van der Waals surface area contributed by atoms with Gasteiger partial charge in [-0.15, -0.1) is 0 Å². The van der Waals surface area contributed by atoms with E-state index in [0.29, 0.717) is 0 Å². The largest absolute Gasteiger partial charge is 0.316 e. The SMILES string of the molecule is Cc1cc(CC2CNC2)n(C)n1. The fourth-order valence-corrected chi connectivity index (χ4v) is 1.64. The fourth-order valence-electron chi connectivity index (χ4n) is 1.64. The first-order valence-corrected chi connectivity index (χ1v) is 4.46. The second-order valence-corrected chi connectivity index (χ2v) is 3.63. The van der Waals surface area contributed by atoms with Crippen molar-refractivity contribution in [1.82, 2.24) is 15.1 Å². The highest BCUT2D eigenvalue weighted by molar-refractivity contribution is 5.10. The third kappa shape index (κ3) is 1.37. The molecule has 2 heterocycles. The van der Waals surface area contributed by atoms with Crippen molar-refractivity contribution >= 4 is 0 Å². The van der Waals surface area contributed by atoms with Gasteiger partial charge in [0.15, 0.2) is 0 Å². The van der Waals surface area contributed by atoms with E-state index in [9.17, 15) is 0 Å². The van der Waals surface area contributed by atoms with Gasteiger partial charge in [0.2, 0.25) is 0 Å². The van der Waals surface area contributed by atoms with E-state index >= 15 is 0 Å². The Morgan fingerprint density at radius 3 is 2.83 bits per heavy atom. The van der Waals surface area contributed by atoms with E-state index in [4.69, 9.17) is 0 Å². The lowest BCUT2D eigenvalue weighted by molar-refractivity contribution is 0.340.